The summed E-state index contributed by atoms with van der Waals surface area (Å²) in [6.45, 7) is -2.02. The monoisotopic (exact) mass is 616 g/mol. The summed E-state index contributed by atoms with van der Waals surface area (Å²) in [5.74, 6) is 0. The highest BCUT2D eigenvalue weighted by Crippen LogP contribution is 2.34. The van der Waals surface area contributed by atoms with Crippen LogP contribution in [0.1, 0.15) is 6.42 Å². The maximum absolute atomic E-state index is 11.1. The third-order valence-corrected chi connectivity index (χ3v) is 8.27. The third-order valence-electron chi connectivity index (χ3n) is 8.27. The second kappa shape index (κ2) is 14.1. The van der Waals surface area contributed by atoms with E-state index in [1.165, 1.54) is 0 Å². The van der Waals surface area contributed by atoms with Crippen molar-refractivity contribution in [3.05, 3.63) is 0 Å². The lowest BCUT2D eigenvalue weighted by atomic mass is 9.84. The van der Waals surface area contributed by atoms with E-state index in [2.05, 4.69) is 0 Å². The van der Waals surface area contributed by atoms with Crippen LogP contribution in [-0.2, 0) is 28.4 Å². The van der Waals surface area contributed by atoms with Gasteiger partial charge in [-0.05, 0) is 6.42 Å². The van der Waals surface area contributed by atoms with E-state index in [1.54, 1.807) is 0 Å². The van der Waals surface area contributed by atoms with Crippen molar-refractivity contribution < 1.29 is 74.4 Å². The van der Waals surface area contributed by atoms with E-state index in [0.717, 1.165) is 0 Å². The first kappa shape index (κ1) is 34.1. The summed E-state index contributed by atoms with van der Waals surface area (Å²) in [5, 5.41) is 91.6. The number of ether oxygens (including phenoxy) is 6. The van der Waals surface area contributed by atoms with Crippen molar-refractivity contribution in [3.8, 4) is 0 Å². The van der Waals surface area contributed by atoms with Crippen LogP contribution in [0.3, 0.4) is 0 Å². The average Bonchev–Trinajstić information content (AvgIpc) is 3.27. The molecule has 3 aliphatic heterocycles. The maximum Gasteiger partial charge on any atom is 0.187 e. The van der Waals surface area contributed by atoms with Crippen LogP contribution in [0.25, 0.3) is 0 Å². The zero-order valence-corrected chi connectivity index (χ0v) is 22.6. The fraction of sp³-hybridized carbons (Fsp3) is 1.00. The van der Waals surface area contributed by atoms with Gasteiger partial charge in [-0.15, -0.1) is 0 Å². The van der Waals surface area contributed by atoms with Gasteiger partial charge in [0, 0.05) is 12.1 Å². The molecule has 0 radical (unpaired) electrons. The van der Waals surface area contributed by atoms with Gasteiger partial charge in [0.25, 0.3) is 0 Å². The molecule has 42 heavy (non-hydrogen) atoms. The van der Waals surface area contributed by atoms with Crippen molar-refractivity contribution in [2.45, 2.75) is 123 Å². The van der Waals surface area contributed by atoms with Crippen LogP contribution in [-0.4, -0.2) is 182 Å². The smallest absolute Gasteiger partial charge is 0.187 e. The summed E-state index contributed by atoms with van der Waals surface area (Å²) in [5.41, 5.74) is 24.2. The molecule has 0 aromatic heterocycles. The molecule has 1 saturated carbocycles. The quantitative estimate of drug-likeness (QED) is 0.114. The molecular weight excluding hydrogens is 572 g/mol. The molecule has 19 atom stereocenters. The first-order valence-electron chi connectivity index (χ1n) is 13.7. The first-order chi connectivity index (χ1) is 19.8. The minimum atomic E-state index is -1.65. The van der Waals surface area contributed by atoms with Crippen LogP contribution in [0, 0.1) is 0 Å². The molecule has 3 heterocycles. The van der Waals surface area contributed by atoms with Crippen LogP contribution in [0.2, 0.25) is 0 Å². The van der Waals surface area contributed by atoms with Gasteiger partial charge in [-0.25, -0.2) is 0 Å². The van der Waals surface area contributed by atoms with Crippen LogP contribution in [0.15, 0.2) is 0 Å². The van der Waals surface area contributed by atoms with Crippen LogP contribution in [0.4, 0.5) is 0 Å². The average molecular weight is 617 g/mol. The zero-order chi connectivity index (χ0) is 31.0. The second-order valence-electron chi connectivity index (χ2n) is 11.1. The van der Waals surface area contributed by atoms with Gasteiger partial charge >= 0.3 is 0 Å². The predicted molar refractivity (Wildman–Crippen MR) is 134 cm³/mol. The summed E-state index contributed by atoms with van der Waals surface area (Å²) in [7, 11) is 0. The maximum atomic E-state index is 11.1. The summed E-state index contributed by atoms with van der Waals surface area (Å²) in [6, 6.07) is -4.39. The van der Waals surface area contributed by atoms with Crippen molar-refractivity contribution in [2.24, 2.45) is 22.9 Å². The number of rotatable bonds is 9. The largest absolute Gasteiger partial charge is 0.394 e. The third kappa shape index (κ3) is 6.60. The highest BCUT2D eigenvalue weighted by atomic mass is 16.8. The molecule has 1 aliphatic carbocycles. The second-order valence-corrected chi connectivity index (χ2v) is 11.1. The SMILES string of the molecule is N[C@H]1[C@@H](O[C@H]2[C@@H](O)[C@H](O[C@@H]3[C@@H](O)[C@H](N)C[C@H](N)[C@H]3O[C@H]3O[C@H](CO)[C@@H](O)[C@H](O)[C@H]3N)O[C@@H]2CO)O[C@@H](CO)[C@@H](O)[C@@H]1O. The Morgan fingerprint density at radius 1 is 0.476 bits per heavy atom. The summed E-state index contributed by atoms with van der Waals surface area (Å²) < 4.78 is 34.2. The zero-order valence-electron chi connectivity index (χ0n) is 22.6. The van der Waals surface area contributed by atoms with Gasteiger partial charge in [-0.3, -0.25) is 0 Å². The summed E-state index contributed by atoms with van der Waals surface area (Å²) in [6.07, 6.45) is -21.2. The Morgan fingerprint density at radius 3 is 1.38 bits per heavy atom. The molecule has 4 aliphatic rings. The lowest BCUT2D eigenvalue weighted by molar-refractivity contribution is -0.310. The van der Waals surface area contributed by atoms with Crippen molar-refractivity contribution in [3.63, 3.8) is 0 Å². The number of aliphatic hydroxyl groups excluding tert-OH is 9. The van der Waals surface area contributed by atoms with E-state index >= 15 is 0 Å². The predicted octanol–water partition coefficient (Wildman–Crippen LogP) is -8.83. The van der Waals surface area contributed by atoms with Gasteiger partial charge in [0.1, 0.15) is 67.1 Å². The molecule has 4 fully saturated rings. The van der Waals surface area contributed by atoms with Gasteiger partial charge in [-0.1, -0.05) is 0 Å². The number of aliphatic hydroxyl groups is 9. The summed E-state index contributed by atoms with van der Waals surface area (Å²) in [4.78, 5) is 0. The molecule has 19 heteroatoms. The van der Waals surface area contributed by atoms with Gasteiger partial charge in [0.2, 0.25) is 0 Å². The van der Waals surface area contributed by atoms with E-state index in [4.69, 9.17) is 51.4 Å². The standard InChI is InChI=1S/C23H44N4O15/c24-5-1-6(25)18(40-21-10(26)15(34)13(32)7(2-28)37-21)20(12(5)31)42-23-17(36)19(9(4-30)39-23)41-22-11(27)16(35)14(33)8(3-29)38-22/h5-23,28-36H,1-4,24-27H2/t5-,6+,7-,8+,9-,10-,11-,12+,13-,14-,15-,16-,17-,18-,19-,20-,21-,22-,23+/m1/s1. The molecule has 0 amide bonds. The normalized spacial score (nSPS) is 53.8. The molecule has 4 rings (SSSR count). The van der Waals surface area contributed by atoms with Gasteiger partial charge in [0.15, 0.2) is 18.9 Å². The van der Waals surface area contributed by atoms with Gasteiger partial charge in [-0.2, -0.15) is 0 Å². The Balaban J connectivity index is 1.50. The molecular formula is C23H44N4O15. The lowest BCUT2D eigenvalue weighted by Crippen LogP contribution is -2.68. The van der Waals surface area contributed by atoms with E-state index < -0.39 is 136 Å². The first-order valence-corrected chi connectivity index (χ1v) is 13.7. The fourth-order valence-corrected chi connectivity index (χ4v) is 5.65. The molecule has 0 aromatic carbocycles. The van der Waals surface area contributed by atoms with Crippen molar-refractivity contribution in [1.29, 1.82) is 0 Å². The molecule has 0 aromatic rings. The van der Waals surface area contributed by atoms with Crippen molar-refractivity contribution >= 4 is 0 Å². The van der Waals surface area contributed by atoms with Crippen LogP contribution < -0.4 is 22.9 Å². The van der Waals surface area contributed by atoms with Crippen molar-refractivity contribution in [1.82, 2.24) is 0 Å². The Bertz CT molecular complexity index is 865. The van der Waals surface area contributed by atoms with E-state index in [0.29, 0.717) is 0 Å². The van der Waals surface area contributed by atoms with Crippen molar-refractivity contribution in [2.75, 3.05) is 19.8 Å². The lowest BCUT2D eigenvalue weighted by Gasteiger charge is -2.47. The molecule has 0 unspecified atom stereocenters. The van der Waals surface area contributed by atoms with E-state index in [9.17, 15) is 46.0 Å². The highest BCUT2D eigenvalue weighted by Gasteiger charge is 2.54. The Morgan fingerprint density at radius 2 is 0.905 bits per heavy atom. The highest BCUT2D eigenvalue weighted by molar-refractivity contribution is 5.02. The molecule has 19 nitrogen and oxygen atoms in total. The Kier molecular flexibility index (Phi) is 11.5. The molecule has 0 spiro atoms. The fourth-order valence-electron chi connectivity index (χ4n) is 5.65. The Hall–Kier alpha value is -0.760. The van der Waals surface area contributed by atoms with E-state index in [1.807, 2.05) is 0 Å². The summed E-state index contributed by atoms with van der Waals surface area (Å²) >= 11 is 0. The molecule has 0 bridgehead atoms. The topological polar surface area (TPSA) is 342 Å². The number of hydrogen-bond donors (Lipinski definition) is 13. The van der Waals surface area contributed by atoms with E-state index in [-0.39, 0.29) is 6.42 Å². The molecule has 246 valence electrons. The van der Waals surface area contributed by atoms with Gasteiger partial charge in [0.05, 0.1) is 38.0 Å². The van der Waals surface area contributed by atoms with Crippen LogP contribution >= 0.6 is 0 Å². The van der Waals surface area contributed by atoms with Gasteiger partial charge < -0.3 is 97.3 Å². The Labute approximate surface area is 240 Å². The minimum Gasteiger partial charge on any atom is -0.394 e. The molecule has 3 saturated heterocycles. The van der Waals surface area contributed by atoms with Crippen LogP contribution in [0.5, 0.6) is 0 Å². The molecule has 17 N–H and O–H groups in total. The number of nitrogens with two attached hydrogens (primary N) is 4. The number of hydrogen-bond acceptors (Lipinski definition) is 19. The minimum absolute atomic E-state index is 0.0540.